The molecule has 1 aromatic heterocycles. The fourth-order valence-electron chi connectivity index (χ4n) is 4.87. The smallest absolute Gasteiger partial charge is 0.240 e. The van der Waals surface area contributed by atoms with Gasteiger partial charge in [-0.3, -0.25) is 14.6 Å². The molecule has 4 aromatic rings. The van der Waals surface area contributed by atoms with Crippen LogP contribution in [-0.2, 0) is 9.59 Å². The SMILES string of the molecule is O=C(Nc1ccc(F)cc1)C1(C(=O)Nc2ccc(Oc3ccnc4cc(C5CCNC5)ccc34)cc2)CC1. The van der Waals surface area contributed by atoms with Gasteiger partial charge < -0.3 is 20.7 Å². The van der Waals surface area contributed by atoms with Gasteiger partial charge in [0.05, 0.1) is 5.52 Å². The first kappa shape index (κ1) is 24.1. The van der Waals surface area contributed by atoms with Crippen molar-refractivity contribution in [3.8, 4) is 11.5 Å². The van der Waals surface area contributed by atoms with Gasteiger partial charge in [-0.2, -0.15) is 0 Å². The van der Waals surface area contributed by atoms with Crippen molar-refractivity contribution >= 4 is 34.1 Å². The number of nitrogens with one attached hydrogen (secondary N) is 3. The molecule has 2 aliphatic rings. The average molecular weight is 511 g/mol. The average Bonchev–Trinajstić information content (AvgIpc) is 3.57. The molecule has 8 heteroatoms. The Morgan fingerprint density at radius 2 is 1.61 bits per heavy atom. The summed E-state index contributed by atoms with van der Waals surface area (Å²) in [4.78, 5) is 30.3. The highest BCUT2D eigenvalue weighted by atomic mass is 19.1. The van der Waals surface area contributed by atoms with Crippen molar-refractivity contribution in [3.63, 3.8) is 0 Å². The van der Waals surface area contributed by atoms with Crippen LogP contribution in [0.2, 0.25) is 0 Å². The van der Waals surface area contributed by atoms with Crippen LogP contribution in [0.5, 0.6) is 11.5 Å². The summed E-state index contributed by atoms with van der Waals surface area (Å²) in [6, 6.07) is 20.7. The van der Waals surface area contributed by atoms with E-state index in [1.165, 1.54) is 29.8 Å². The third-order valence-corrected chi connectivity index (χ3v) is 7.32. The molecular weight excluding hydrogens is 483 g/mol. The number of benzene rings is 3. The van der Waals surface area contributed by atoms with Gasteiger partial charge in [0, 0.05) is 29.5 Å². The predicted octanol–water partition coefficient (Wildman–Crippen LogP) is 5.60. The Labute approximate surface area is 219 Å². The van der Waals surface area contributed by atoms with Gasteiger partial charge in [0.2, 0.25) is 11.8 Å². The summed E-state index contributed by atoms with van der Waals surface area (Å²) in [5.41, 5.74) is 2.08. The van der Waals surface area contributed by atoms with Gasteiger partial charge in [-0.05, 0) is 104 Å². The van der Waals surface area contributed by atoms with Crippen molar-refractivity contribution < 1.29 is 18.7 Å². The highest BCUT2D eigenvalue weighted by Gasteiger charge is 2.56. The largest absolute Gasteiger partial charge is 0.457 e. The zero-order chi connectivity index (χ0) is 26.1. The van der Waals surface area contributed by atoms with E-state index in [9.17, 15) is 14.0 Å². The predicted molar refractivity (Wildman–Crippen MR) is 144 cm³/mol. The molecule has 2 amide bonds. The van der Waals surface area contributed by atoms with E-state index < -0.39 is 17.1 Å². The number of carbonyl (C=O) groups is 2. The van der Waals surface area contributed by atoms with E-state index >= 15 is 0 Å². The Hall–Kier alpha value is -4.30. The summed E-state index contributed by atoms with van der Waals surface area (Å²) < 4.78 is 19.3. The molecule has 1 unspecified atom stereocenters. The second-order valence-electron chi connectivity index (χ2n) is 9.90. The van der Waals surface area contributed by atoms with Gasteiger partial charge in [0.25, 0.3) is 0 Å². The number of ether oxygens (including phenoxy) is 1. The number of aromatic nitrogens is 1. The molecule has 1 aliphatic heterocycles. The third-order valence-electron chi connectivity index (χ3n) is 7.32. The van der Waals surface area contributed by atoms with E-state index in [0.29, 0.717) is 41.6 Å². The third kappa shape index (κ3) is 4.82. The lowest BCUT2D eigenvalue weighted by Gasteiger charge is -2.16. The number of rotatable bonds is 7. The summed E-state index contributed by atoms with van der Waals surface area (Å²) in [7, 11) is 0. The van der Waals surface area contributed by atoms with E-state index in [-0.39, 0.29) is 5.91 Å². The lowest BCUT2D eigenvalue weighted by molar-refractivity contribution is -0.131. The summed E-state index contributed by atoms with van der Waals surface area (Å²) in [5, 5.41) is 9.90. The fraction of sp³-hybridized carbons (Fsp3) is 0.233. The number of hydrogen-bond donors (Lipinski definition) is 3. The molecule has 3 N–H and O–H groups in total. The molecule has 38 heavy (non-hydrogen) atoms. The second-order valence-corrected chi connectivity index (χ2v) is 9.90. The van der Waals surface area contributed by atoms with Gasteiger partial charge in [0.1, 0.15) is 22.7 Å². The second kappa shape index (κ2) is 9.87. The van der Waals surface area contributed by atoms with Crippen LogP contribution in [0.3, 0.4) is 0 Å². The number of halogens is 1. The van der Waals surface area contributed by atoms with Crippen LogP contribution in [0.1, 0.15) is 30.7 Å². The Kier molecular flexibility index (Phi) is 6.25. The number of anilines is 2. The Morgan fingerprint density at radius 3 is 2.24 bits per heavy atom. The van der Waals surface area contributed by atoms with Crippen molar-refractivity contribution in [3.05, 3.63) is 90.4 Å². The maximum absolute atomic E-state index is 13.1. The van der Waals surface area contributed by atoms with Crippen LogP contribution in [0.4, 0.5) is 15.8 Å². The van der Waals surface area contributed by atoms with Crippen molar-refractivity contribution in [1.29, 1.82) is 0 Å². The number of amides is 2. The Bertz CT molecular complexity index is 1490. The monoisotopic (exact) mass is 510 g/mol. The van der Waals surface area contributed by atoms with Crippen molar-refractivity contribution in [2.75, 3.05) is 23.7 Å². The van der Waals surface area contributed by atoms with E-state index in [1.54, 1.807) is 30.5 Å². The zero-order valence-electron chi connectivity index (χ0n) is 20.7. The van der Waals surface area contributed by atoms with E-state index in [2.05, 4.69) is 39.1 Å². The van der Waals surface area contributed by atoms with Crippen molar-refractivity contribution in [2.24, 2.45) is 5.41 Å². The minimum absolute atomic E-state index is 0.362. The molecule has 0 spiro atoms. The molecule has 0 radical (unpaired) electrons. The molecule has 192 valence electrons. The van der Waals surface area contributed by atoms with Crippen LogP contribution in [-0.4, -0.2) is 29.9 Å². The van der Waals surface area contributed by atoms with Gasteiger partial charge in [-0.15, -0.1) is 0 Å². The van der Waals surface area contributed by atoms with Crippen LogP contribution in [0.15, 0.2) is 79.0 Å². The summed E-state index contributed by atoms with van der Waals surface area (Å²) >= 11 is 0. The van der Waals surface area contributed by atoms with Gasteiger partial charge in [0.15, 0.2) is 0 Å². The van der Waals surface area contributed by atoms with Gasteiger partial charge in [-0.1, -0.05) is 6.07 Å². The van der Waals surface area contributed by atoms with E-state index in [0.717, 1.165) is 30.4 Å². The van der Waals surface area contributed by atoms with E-state index in [1.807, 2.05) is 6.07 Å². The number of hydrogen-bond acceptors (Lipinski definition) is 5. The van der Waals surface area contributed by atoms with Crippen molar-refractivity contribution in [1.82, 2.24) is 10.3 Å². The molecule has 1 atom stereocenters. The number of fused-ring (bicyclic) bond motifs is 1. The molecule has 1 saturated carbocycles. The molecule has 7 nitrogen and oxygen atoms in total. The number of nitrogens with zero attached hydrogens (tertiary/aromatic N) is 1. The number of carbonyl (C=O) groups excluding carboxylic acids is 2. The molecule has 6 rings (SSSR count). The molecule has 2 fully saturated rings. The molecular formula is C30H27FN4O3. The first-order chi connectivity index (χ1) is 18.5. The maximum atomic E-state index is 13.1. The van der Waals surface area contributed by atoms with E-state index in [4.69, 9.17) is 4.74 Å². The lowest BCUT2D eigenvalue weighted by Crippen LogP contribution is -2.35. The fourth-order valence-corrected chi connectivity index (χ4v) is 4.87. The van der Waals surface area contributed by atoms with Crippen LogP contribution in [0, 0.1) is 11.2 Å². The quantitative estimate of drug-likeness (QED) is 0.282. The lowest BCUT2D eigenvalue weighted by atomic mass is 9.97. The molecule has 1 saturated heterocycles. The topological polar surface area (TPSA) is 92.4 Å². The summed E-state index contributed by atoms with van der Waals surface area (Å²) in [5.74, 6) is 0.694. The molecule has 0 bridgehead atoms. The highest BCUT2D eigenvalue weighted by Crippen LogP contribution is 2.47. The van der Waals surface area contributed by atoms with Crippen LogP contribution in [0.25, 0.3) is 10.9 Å². The normalized spacial score (nSPS) is 17.7. The first-order valence-electron chi connectivity index (χ1n) is 12.8. The van der Waals surface area contributed by atoms with Gasteiger partial charge in [-0.25, -0.2) is 4.39 Å². The summed E-state index contributed by atoms with van der Waals surface area (Å²) in [6.07, 6.45) is 3.79. The van der Waals surface area contributed by atoms with Crippen LogP contribution >= 0.6 is 0 Å². The maximum Gasteiger partial charge on any atom is 0.240 e. The highest BCUT2D eigenvalue weighted by molar-refractivity contribution is 6.16. The minimum Gasteiger partial charge on any atom is -0.457 e. The molecule has 3 aromatic carbocycles. The van der Waals surface area contributed by atoms with Crippen LogP contribution < -0.4 is 20.7 Å². The standard InChI is InChI=1S/C30H27FN4O3/c31-21-2-4-22(5-3-21)34-28(36)30(13-14-30)29(37)35-23-6-8-24(9-7-23)38-27-12-16-33-26-17-19(1-10-25(26)27)20-11-15-32-18-20/h1-10,12,16-17,20,32H,11,13-15,18H2,(H,34,36)(H,35,37). The Morgan fingerprint density at radius 1 is 0.921 bits per heavy atom. The van der Waals surface area contributed by atoms with Gasteiger partial charge >= 0.3 is 0 Å². The first-order valence-corrected chi connectivity index (χ1v) is 12.8. The molecule has 2 heterocycles. The van der Waals surface area contributed by atoms with Crippen molar-refractivity contribution in [2.45, 2.75) is 25.2 Å². The number of pyridine rings is 1. The zero-order valence-corrected chi connectivity index (χ0v) is 20.7. The molecule has 1 aliphatic carbocycles. The minimum atomic E-state index is -1.12. The summed E-state index contributed by atoms with van der Waals surface area (Å²) in [6.45, 7) is 2.03. The Balaban J connectivity index is 1.11.